The van der Waals surface area contributed by atoms with Gasteiger partial charge in [-0.15, -0.1) is 0 Å². The average Bonchev–Trinajstić information content (AvgIpc) is 2.49. The van der Waals surface area contributed by atoms with Crippen molar-refractivity contribution in [1.29, 1.82) is 0 Å². The zero-order chi connectivity index (χ0) is 14.4. The largest absolute Gasteiger partial charge is 0.482 e. The van der Waals surface area contributed by atoms with Crippen LogP contribution >= 0.6 is 11.6 Å². The van der Waals surface area contributed by atoms with Gasteiger partial charge in [0.25, 0.3) is 0 Å². The molecule has 0 saturated heterocycles. The Bertz CT molecular complexity index is 558. The Hall–Kier alpha value is -1.94. The van der Waals surface area contributed by atoms with Crippen molar-refractivity contribution in [2.45, 2.75) is 25.9 Å². The second-order valence-corrected chi connectivity index (χ2v) is 4.74. The summed E-state index contributed by atoms with van der Waals surface area (Å²) in [6, 6.07) is 6.95. The lowest BCUT2D eigenvalue weighted by atomic mass is 10.1. The van der Waals surface area contributed by atoms with Crippen molar-refractivity contribution in [2.24, 2.45) is 0 Å². The fraction of sp³-hybridized carbons (Fsp3) is 0.267. The molecular weight excluding hydrogens is 276 g/mol. The first kappa shape index (κ1) is 14.5. The summed E-state index contributed by atoms with van der Waals surface area (Å²) in [5.74, 6) is 0.458. The minimum absolute atomic E-state index is 0.157. The molecule has 1 unspecified atom stereocenters. The van der Waals surface area contributed by atoms with Crippen molar-refractivity contribution in [1.82, 2.24) is 9.97 Å². The van der Waals surface area contributed by atoms with Gasteiger partial charge in [-0.1, -0.05) is 24.9 Å². The van der Waals surface area contributed by atoms with E-state index in [9.17, 15) is 4.79 Å². The molecule has 0 fully saturated rings. The zero-order valence-electron chi connectivity index (χ0n) is 11.1. The molecule has 2 rings (SSSR count). The second kappa shape index (κ2) is 7.01. The molecular formula is C15H15ClN2O2. The molecule has 0 radical (unpaired) electrons. The molecule has 0 aliphatic heterocycles. The molecule has 0 N–H and O–H groups in total. The van der Waals surface area contributed by atoms with Crippen LogP contribution in [-0.2, 0) is 0 Å². The van der Waals surface area contributed by atoms with E-state index in [1.807, 2.05) is 6.92 Å². The van der Waals surface area contributed by atoms with Gasteiger partial charge in [-0.3, -0.25) is 9.78 Å². The van der Waals surface area contributed by atoms with Crippen LogP contribution in [0, 0.1) is 0 Å². The number of carbonyl (C=O) groups is 1. The molecule has 20 heavy (non-hydrogen) atoms. The van der Waals surface area contributed by atoms with Crippen LogP contribution in [0.5, 0.6) is 5.75 Å². The van der Waals surface area contributed by atoms with Crippen LogP contribution in [0.4, 0.5) is 0 Å². The van der Waals surface area contributed by atoms with Crippen LogP contribution < -0.4 is 4.74 Å². The van der Waals surface area contributed by atoms with Crippen LogP contribution in [0.1, 0.15) is 30.3 Å². The van der Waals surface area contributed by atoms with Crippen LogP contribution in [0.3, 0.4) is 0 Å². The SMILES string of the molecule is CCCC(Oc1ccc(Cl)cc1)C(=O)c1cnccn1. The summed E-state index contributed by atoms with van der Waals surface area (Å²) in [6.07, 6.45) is 5.39. The van der Waals surface area contributed by atoms with Gasteiger partial charge in [-0.25, -0.2) is 4.98 Å². The number of Topliss-reactive ketones (excluding diaryl/α,β-unsaturated/α-hetero) is 1. The molecule has 1 heterocycles. The number of ketones is 1. The molecule has 1 atom stereocenters. The number of halogens is 1. The van der Waals surface area contributed by atoms with E-state index < -0.39 is 6.10 Å². The smallest absolute Gasteiger partial charge is 0.223 e. The van der Waals surface area contributed by atoms with Crippen LogP contribution in [0.15, 0.2) is 42.9 Å². The molecule has 0 spiro atoms. The maximum Gasteiger partial charge on any atom is 0.223 e. The van der Waals surface area contributed by atoms with Gasteiger partial charge in [0.05, 0.1) is 6.20 Å². The minimum Gasteiger partial charge on any atom is -0.482 e. The van der Waals surface area contributed by atoms with Crippen LogP contribution in [0.2, 0.25) is 5.02 Å². The fourth-order valence-electron chi connectivity index (χ4n) is 1.77. The third-order valence-electron chi connectivity index (χ3n) is 2.75. The molecule has 2 aromatic rings. The van der Waals surface area contributed by atoms with E-state index >= 15 is 0 Å². The number of aromatic nitrogens is 2. The van der Waals surface area contributed by atoms with E-state index in [1.54, 1.807) is 24.3 Å². The Kier molecular flexibility index (Phi) is 5.07. The molecule has 4 nitrogen and oxygen atoms in total. The Balaban J connectivity index is 2.14. The normalized spacial score (nSPS) is 11.9. The summed E-state index contributed by atoms with van der Waals surface area (Å²) < 4.78 is 5.75. The van der Waals surface area contributed by atoms with Crippen LogP contribution in [0.25, 0.3) is 0 Å². The number of hydrogen-bond donors (Lipinski definition) is 0. The summed E-state index contributed by atoms with van der Waals surface area (Å²) in [5.41, 5.74) is 0.319. The maximum atomic E-state index is 12.4. The van der Waals surface area contributed by atoms with Gasteiger partial charge in [0.1, 0.15) is 11.4 Å². The molecule has 0 saturated carbocycles. The van der Waals surface area contributed by atoms with Gasteiger partial charge < -0.3 is 4.74 Å². The van der Waals surface area contributed by atoms with Crippen molar-refractivity contribution >= 4 is 17.4 Å². The van der Waals surface area contributed by atoms with Crippen molar-refractivity contribution in [2.75, 3.05) is 0 Å². The van der Waals surface area contributed by atoms with E-state index in [0.29, 0.717) is 22.9 Å². The van der Waals surface area contributed by atoms with Crippen molar-refractivity contribution in [3.05, 3.63) is 53.6 Å². The molecule has 0 amide bonds. The van der Waals surface area contributed by atoms with Gasteiger partial charge in [0.2, 0.25) is 5.78 Å². The molecule has 0 bridgehead atoms. The molecule has 1 aromatic heterocycles. The zero-order valence-corrected chi connectivity index (χ0v) is 11.9. The third kappa shape index (κ3) is 3.78. The molecule has 0 aliphatic carbocycles. The lowest BCUT2D eigenvalue weighted by molar-refractivity contribution is 0.0771. The standard InChI is InChI=1S/C15H15ClN2O2/c1-2-3-14(15(19)13-10-17-8-9-18-13)20-12-6-4-11(16)5-7-12/h4-10,14H,2-3H2,1H3. The number of rotatable bonds is 6. The van der Waals surface area contributed by atoms with E-state index in [-0.39, 0.29) is 5.78 Å². The highest BCUT2D eigenvalue weighted by molar-refractivity contribution is 6.30. The van der Waals surface area contributed by atoms with E-state index in [4.69, 9.17) is 16.3 Å². The number of ether oxygens (including phenoxy) is 1. The summed E-state index contributed by atoms with van der Waals surface area (Å²) in [6.45, 7) is 2.00. The summed E-state index contributed by atoms with van der Waals surface area (Å²) in [7, 11) is 0. The maximum absolute atomic E-state index is 12.4. The monoisotopic (exact) mass is 290 g/mol. The van der Waals surface area contributed by atoms with Gasteiger partial charge in [-0.2, -0.15) is 0 Å². The second-order valence-electron chi connectivity index (χ2n) is 4.30. The van der Waals surface area contributed by atoms with Gasteiger partial charge >= 0.3 is 0 Å². The molecule has 5 heteroatoms. The highest BCUT2D eigenvalue weighted by Gasteiger charge is 2.22. The van der Waals surface area contributed by atoms with Gasteiger partial charge in [-0.05, 0) is 30.7 Å². The van der Waals surface area contributed by atoms with Gasteiger partial charge in [0.15, 0.2) is 6.10 Å². The summed E-state index contributed by atoms with van der Waals surface area (Å²) >= 11 is 5.83. The Morgan fingerprint density at radius 2 is 2.05 bits per heavy atom. The first-order valence-electron chi connectivity index (χ1n) is 6.43. The highest BCUT2D eigenvalue weighted by atomic mass is 35.5. The summed E-state index contributed by atoms with van der Waals surface area (Å²) in [5, 5.41) is 0.629. The highest BCUT2D eigenvalue weighted by Crippen LogP contribution is 2.19. The van der Waals surface area contributed by atoms with Crippen molar-refractivity contribution in [3.8, 4) is 5.75 Å². The van der Waals surface area contributed by atoms with E-state index in [1.165, 1.54) is 18.6 Å². The Morgan fingerprint density at radius 3 is 2.65 bits per heavy atom. The lowest BCUT2D eigenvalue weighted by Crippen LogP contribution is -2.28. The van der Waals surface area contributed by atoms with Crippen LogP contribution in [-0.4, -0.2) is 21.9 Å². The number of carbonyl (C=O) groups excluding carboxylic acids is 1. The topological polar surface area (TPSA) is 52.1 Å². The minimum atomic E-state index is -0.558. The van der Waals surface area contributed by atoms with E-state index in [2.05, 4.69) is 9.97 Å². The molecule has 104 valence electrons. The Labute approximate surface area is 122 Å². The predicted molar refractivity (Wildman–Crippen MR) is 77.1 cm³/mol. The first-order chi connectivity index (χ1) is 9.70. The predicted octanol–water partition coefficient (Wildman–Crippen LogP) is 3.56. The third-order valence-corrected chi connectivity index (χ3v) is 3.00. The Morgan fingerprint density at radius 1 is 1.30 bits per heavy atom. The number of benzene rings is 1. The lowest BCUT2D eigenvalue weighted by Gasteiger charge is -2.17. The van der Waals surface area contributed by atoms with Gasteiger partial charge in [0, 0.05) is 17.4 Å². The molecule has 0 aliphatic rings. The van der Waals surface area contributed by atoms with Crippen molar-refractivity contribution in [3.63, 3.8) is 0 Å². The first-order valence-corrected chi connectivity index (χ1v) is 6.81. The number of nitrogens with zero attached hydrogens (tertiary/aromatic N) is 2. The quantitative estimate of drug-likeness (QED) is 0.763. The van der Waals surface area contributed by atoms with Crippen molar-refractivity contribution < 1.29 is 9.53 Å². The fourth-order valence-corrected chi connectivity index (χ4v) is 1.90. The van der Waals surface area contributed by atoms with E-state index in [0.717, 1.165) is 6.42 Å². The number of hydrogen-bond acceptors (Lipinski definition) is 4. The average molecular weight is 291 g/mol. The summed E-state index contributed by atoms with van der Waals surface area (Å²) in [4.78, 5) is 20.3. The molecule has 1 aromatic carbocycles.